The molecular weight excluding hydrogens is 294 g/mol. The molecule has 0 aliphatic heterocycles. The summed E-state index contributed by atoms with van der Waals surface area (Å²) in [5.74, 6) is -0.530. The van der Waals surface area contributed by atoms with Crippen molar-refractivity contribution >= 4 is 22.4 Å². The van der Waals surface area contributed by atoms with Crippen LogP contribution < -0.4 is 5.46 Å². The molecule has 0 heterocycles. The fourth-order valence-electron chi connectivity index (χ4n) is 1.93. The Morgan fingerprint density at radius 2 is 1.71 bits per heavy atom. The van der Waals surface area contributed by atoms with Crippen LogP contribution in [0.25, 0.3) is 11.1 Å². The van der Waals surface area contributed by atoms with Gasteiger partial charge in [0.05, 0.1) is 10.6 Å². The Labute approximate surface area is 122 Å². The largest absolute Gasteiger partial charge is 0.488 e. The molecule has 0 spiro atoms. The molecule has 2 rings (SSSR count). The van der Waals surface area contributed by atoms with Crippen LogP contribution in [0.3, 0.4) is 0 Å². The highest BCUT2D eigenvalue weighted by atomic mass is 32.2. The molecule has 2 N–H and O–H groups in total. The van der Waals surface area contributed by atoms with E-state index in [1.165, 1.54) is 36.4 Å². The molecule has 0 atom stereocenters. The van der Waals surface area contributed by atoms with E-state index in [4.69, 9.17) is 10.0 Å². The van der Waals surface area contributed by atoms with Crippen LogP contribution in [0.15, 0.2) is 47.4 Å². The molecule has 0 bridgehead atoms. The average Bonchev–Trinajstić information content (AvgIpc) is 2.47. The molecule has 0 aliphatic carbocycles. The highest BCUT2D eigenvalue weighted by Gasteiger charge is 2.16. The monoisotopic (exact) mass is 308 g/mol. The Morgan fingerprint density at radius 1 is 1.10 bits per heavy atom. The van der Waals surface area contributed by atoms with Gasteiger partial charge in [0.1, 0.15) is 5.82 Å². The maximum Gasteiger partial charge on any atom is 0.488 e. The first kappa shape index (κ1) is 15.7. The molecule has 0 unspecified atom stereocenters. The molecule has 21 heavy (non-hydrogen) atoms. The smallest absolute Gasteiger partial charge is 0.423 e. The third kappa shape index (κ3) is 3.32. The van der Waals surface area contributed by atoms with E-state index in [1.807, 2.05) is 0 Å². The van der Waals surface area contributed by atoms with Crippen molar-refractivity contribution in [2.45, 2.75) is 11.8 Å². The molecule has 4 nitrogen and oxygen atoms in total. The number of benzene rings is 2. The summed E-state index contributed by atoms with van der Waals surface area (Å²) in [6.45, 7) is 1.55. The molecule has 0 radical (unpaired) electrons. The van der Waals surface area contributed by atoms with E-state index in [9.17, 15) is 12.8 Å². The Bertz CT molecular complexity index is 742. The van der Waals surface area contributed by atoms with Gasteiger partial charge in [0.25, 0.3) is 0 Å². The van der Waals surface area contributed by atoms with E-state index in [1.54, 1.807) is 6.92 Å². The molecule has 0 fully saturated rings. The normalized spacial score (nSPS) is 11.4. The van der Waals surface area contributed by atoms with E-state index >= 15 is 0 Å². The van der Waals surface area contributed by atoms with Gasteiger partial charge in [-0.2, -0.15) is 0 Å². The van der Waals surface area contributed by atoms with E-state index in [2.05, 4.69) is 0 Å². The van der Waals surface area contributed by atoms with Gasteiger partial charge >= 0.3 is 7.12 Å². The Morgan fingerprint density at radius 3 is 2.24 bits per heavy atom. The number of rotatable bonds is 4. The van der Waals surface area contributed by atoms with Crippen LogP contribution in [0.2, 0.25) is 0 Å². The van der Waals surface area contributed by atoms with Crippen molar-refractivity contribution in [3.8, 4) is 11.1 Å². The fraction of sp³-hybridized carbons (Fsp3) is 0.143. The lowest BCUT2D eigenvalue weighted by Crippen LogP contribution is -2.29. The highest BCUT2D eigenvalue weighted by Crippen LogP contribution is 2.23. The lowest BCUT2D eigenvalue weighted by Gasteiger charge is -2.08. The summed E-state index contributed by atoms with van der Waals surface area (Å²) < 4.78 is 37.3. The first-order valence-electron chi connectivity index (χ1n) is 6.34. The van der Waals surface area contributed by atoms with E-state index in [-0.39, 0.29) is 21.7 Å². The molecule has 0 saturated heterocycles. The third-order valence-electron chi connectivity index (χ3n) is 3.19. The lowest BCUT2D eigenvalue weighted by atomic mass is 9.79. The molecule has 2 aromatic carbocycles. The second-order valence-corrected chi connectivity index (χ2v) is 6.82. The molecule has 0 aromatic heterocycles. The SMILES string of the molecule is CCS(=O)(=O)c1ccc(-c2cc(B(O)O)ccc2F)cc1. The Balaban J connectivity index is 2.46. The topological polar surface area (TPSA) is 74.6 Å². The zero-order valence-electron chi connectivity index (χ0n) is 11.3. The van der Waals surface area contributed by atoms with Crippen LogP contribution in [-0.2, 0) is 9.84 Å². The molecule has 7 heteroatoms. The van der Waals surface area contributed by atoms with E-state index in [0.29, 0.717) is 5.56 Å². The lowest BCUT2D eigenvalue weighted by molar-refractivity contribution is 0.425. The molecule has 110 valence electrons. The first-order valence-corrected chi connectivity index (χ1v) is 7.99. The second-order valence-electron chi connectivity index (χ2n) is 4.54. The van der Waals surface area contributed by atoms with Crippen LogP contribution in [-0.4, -0.2) is 31.3 Å². The van der Waals surface area contributed by atoms with Gasteiger partial charge in [0.15, 0.2) is 9.84 Å². The van der Waals surface area contributed by atoms with Crippen LogP contribution in [0.5, 0.6) is 0 Å². The maximum absolute atomic E-state index is 13.8. The van der Waals surface area contributed by atoms with Crippen LogP contribution in [0.4, 0.5) is 4.39 Å². The van der Waals surface area contributed by atoms with E-state index < -0.39 is 22.8 Å². The molecule has 0 aliphatic rings. The van der Waals surface area contributed by atoms with Crippen LogP contribution in [0, 0.1) is 5.82 Å². The summed E-state index contributed by atoms with van der Waals surface area (Å²) in [5, 5.41) is 18.2. The van der Waals surface area contributed by atoms with Gasteiger partial charge in [0.2, 0.25) is 0 Å². The van der Waals surface area contributed by atoms with Crippen molar-refractivity contribution in [2.75, 3.05) is 5.75 Å². The first-order chi connectivity index (χ1) is 9.85. The molecular formula is C14H14BFO4S. The van der Waals surface area contributed by atoms with Gasteiger partial charge < -0.3 is 10.0 Å². The van der Waals surface area contributed by atoms with Crippen molar-refractivity contribution in [2.24, 2.45) is 0 Å². The molecule has 0 saturated carbocycles. The van der Waals surface area contributed by atoms with Crippen LogP contribution in [0.1, 0.15) is 6.92 Å². The predicted octanol–water partition coefficient (Wildman–Crippen LogP) is 0.966. The third-order valence-corrected chi connectivity index (χ3v) is 4.94. The number of hydrogen-bond acceptors (Lipinski definition) is 4. The van der Waals surface area contributed by atoms with Gasteiger partial charge in [-0.05, 0) is 29.2 Å². The van der Waals surface area contributed by atoms with Crippen LogP contribution >= 0.6 is 0 Å². The predicted molar refractivity (Wildman–Crippen MR) is 79.4 cm³/mol. The quantitative estimate of drug-likeness (QED) is 0.825. The Hall–Kier alpha value is -1.70. The maximum atomic E-state index is 13.8. The fourth-order valence-corrected chi connectivity index (χ4v) is 2.82. The van der Waals surface area contributed by atoms with Crippen molar-refractivity contribution in [1.29, 1.82) is 0 Å². The number of sulfone groups is 1. The van der Waals surface area contributed by atoms with Crippen molar-refractivity contribution in [1.82, 2.24) is 0 Å². The number of halogens is 1. The minimum atomic E-state index is -3.30. The van der Waals surface area contributed by atoms with Gasteiger partial charge in [0, 0.05) is 5.56 Å². The summed E-state index contributed by atoms with van der Waals surface area (Å²) in [6, 6.07) is 9.55. The Kier molecular flexibility index (Phi) is 4.46. The second kappa shape index (κ2) is 5.97. The number of hydrogen-bond donors (Lipinski definition) is 2. The average molecular weight is 308 g/mol. The summed E-state index contributed by atoms with van der Waals surface area (Å²) >= 11 is 0. The van der Waals surface area contributed by atoms with E-state index in [0.717, 1.165) is 6.07 Å². The minimum Gasteiger partial charge on any atom is -0.423 e. The standard InChI is InChI=1S/C14H14BFO4S/c1-2-21(19,20)12-6-3-10(4-7-12)13-9-11(15(17)18)5-8-14(13)16/h3-9,17-18H,2H2,1H3. The zero-order valence-corrected chi connectivity index (χ0v) is 12.1. The van der Waals surface area contributed by atoms with Gasteiger partial charge in [-0.15, -0.1) is 0 Å². The van der Waals surface area contributed by atoms with Crippen molar-refractivity contribution in [3.05, 3.63) is 48.3 Å². The van der Waals surface area contributed by atoms with Crippen molar-refractivity contribution < 1.29 is 22.9 Å². The zero-order chi connectivity index (χ0) is 15.6. The van der Waals surface area contributed by atoms with Gasteiger partial charge in [-0.25, -0.2) is 12.8 Å². The summed E-state index contributed by atoms with van der Waals surface area (Å²) in [6.07, 6.45) is 0. The summed E-state index contributed by atoms with van der Waals surface area (Å²) in [5.41, 5.74) is 0.808. The van der Waals surface area contributed by atoms with Gasteiger partial charge in [-0.1, -0.05) is 31.2 Å². The minimum absolute atomic E-state index is 0.00705. The summed E-state index contributed by atoms with van der Waals surface area (Å²) in [7, 11) is -4.99. The highest BCUT2D eigenvalue weighted by molar-refractivity contribution is 7.91. The summed E-state index contributed by atoms with van der Waals surface area (Å²) in [4.78, 5) is 0.174. The molecule has 0 amide bonds. The molecule has 2 aromatic rings. The van der Waals surface area contributed by atoms with Gasteiger partial charge in [-0.3, -0.25) is 0 Å². The van der Waals surface area contributed by atoms with Crippen molar-refractivity contribution in [3.63, 3.8) is 0 Å².